The Morgan fingerprint density at radius 2 is 2.11 bits per heavy atom. The summed E-state index contributed by atoms with van der Waals surface area (Å²) in [6.07, 6.45) is 6.68. The van der Waals surface area contributed by atoms with Gasteiger partial charge in [0.2, 0.25) is 0 Å². The van der Waals surface area contributed by atoms with Crippen LogP contribution < -0.4 is 0 Å². The molecule has 0 aromatic carbocycles. The van der Waals surface area contributed by atoms with Crippen LogP contribution in [-0.4, -0.2) is 6.21 Å². The average Bonchev–Trinajstić information content (AvgIpc) is 1.88. The molecule has 0 aliphatic carbocycles. The Kier molecular flexibility index (Phi) is 5.18. The van der Waals surface area contributed by atoms with Crippen LogP contribution >= 0.6 is 0 Å². The molecule has 0 amide bonds. The van der Waals surface area contributed by atoms with Crippen LogP contribution in [-0.2, 0) is 0 Å². The molecule has 0 heterocycles. The minimum atomic E-state index is 1.09. The molecule has 0 aliphatic heterocycles. The zero-order valence-electron chi connectivity index (χ0n) is 6.28. The standard InChI is InChI=1S/C8H15N/c1-3-5-8(4-2)6-7-9/h6-7,9H,3-5H2,1-2H3/b8-6-,9-7?. The molecule has 1 nitrogen and oxygen atoms in total. The third-order valence-corrected chi connectivity index (χ3v) is 1.34. The van der Waals surface area contributed by atoms with Crippen LogP contribution in [0.15, 0.2) is 11.6 Å². The van der Waals surface area contributed by atoms with Crippen molar-refractivity contribution in [2.75, 3.05) is 0 Å². The van der Waals surface area contributed by atoms with Gasteiger partial charge in [0.25, 0.3) is 0 Å². The first kappa shape index (κ1) is 8.41. The van der Waals surface area contributed by atoms with Gasteiger partial charge >= 0.3 is 0 Å². The van der Waals surface area contributed by atoms with E-state index in [1.54, 1.807) is 0 Å². The van der Waals surface area contributed by atoms with Crippen molar-refractivity contribution < 1.29 is 0 Å². The topological polar surface area (TPSA) is 23.9 Å². The highest BCUT2D eigenvalue weighted by atomic mass is 14.3. The summed E-state index contributed by atoms with van der Waals surface area (Å²) in [4.78, 5) is 0. The maximum atomic E-state index is 6.81. The Morgan fingerprint density at radius 1 is 1.44 bits per heavy atom. The predicted octanol–water partition coefficient (Wildman–Crippen LogP) is 2.77. The Labute approximate surface area is 57.3 Å². The lowest BCUT2D eigenvalue weighted by atomic mass is 10.1. The molecule has 0 rings (SSSR count). The number of rotatable bonds is 4. The Balaban J connectivity index is 3.66. The fourth-order valence-corrected chi connectivity index (χ4v) is 0.817. The minimum absolute atomic E-state index is 1.09. The van der Waals surface area contributed by atoms with Crippen molar-refractivity contribution in [1.29, 1.82) is 5.41 Å². The average molecular weight is 125 g/mol. The molecule has 52 valence electrons. The van der Waals surface area contributed by atoms with Crippen molar-refractivity contribution in [2.45, 2.75) is 33.1 Å². The molecule has 0 unspecified atom stereocenters. The number of hydrogen-bond donors (Lipinski definition) is 1. The first-order chi connectivity index (χ1) is 4.35. The van der Waals surface area contributed by atoms with Gasteiger partial charge in [0.1, 0.15) is 0 Å². The van der Waals surface area contributed by atoms with Gasteiger partial charge in [0, 0.05) is 6.21 Å². The van der Waals surface area contributed by atoms with Gasteiger partial charge in [0.05, 0.1) is 0 Å². The first-order valence-corrected chi connectivity index (χ1v) is 3.53. The van der Waals surface area contributed by atoms with Crippen molar-refractivity contribution in [1.82, 2.24) is 0 Å². The summed E-state index contributed by atoms with van der Waals surface area (Å²) in [7, 11) is 0. The summed E-state index contributed by atoms with van der Waals surface area (Å²) in [6.45, 7) is 4.29. The number of hydrogen-bond acceptors (Lipinski definition) is 1. The van der Waals surface area contributed by atoms with Gasteiger partial charge in [-0.15, -0.1) is 0 Å². The molecule has 0 fully saturated rings. The van der Waals surface area contributed by atoms with E-state index in [0.717, 1.165) is 12.8 Å². The highest BCUT2D eigenvalue weighted by molar-refractivity contribution is 5.68. The van der Waals surface area contributed by atoms with Crippen LogP contribution in [0.25, 0.3) is 0 Å². The van der Waals surface area contributed by atoms with Crippen molar-refractivity contribution in [3.05, 3.63) is 11.6 Å². The van der Waals surface area contributed by atoms with Crippen molar-refractivity contribution >= 4 is 6.21 Å². The lowest BCUT2D eigenvalue weighted by Crippen LogP contribution is -1.79. The predicted molar refractivity (Wildman–Crippen MR) is 42.1 cm³/mol. The molecule has 9 heavy (non-hydrogen) atoms. The van der Waals surface area contributed by atoms with Gasteiger partial charge in [-0.3, -0.25) is 0 Å². The van der Waals surface area contributed by atoms with Gasteiger partial charge in [-0.2, -0.15) is 0 Å². The van der Waals surface area contributed by atoms with E-state index < -0.39 is 0 Å². The number of nitrogens with one attached hydrogen (secondary N) is 1. The first-order valence-electron chi connectivity index (χ1n) is 3.53. The van der Waals surface area contributed by atoms with Crippen LogP contribution in [0.3, 0.4) is 0 Å². The molecule has 0 bridgehead atoms. The Hall–Kier alpha value is -0.590. The van der Waals surface area contributed by atoms with Crippen LogP contribution in [0.2, 0.25) is 0 Å². The molecule has 0 saturated heterocycles. The van der Waals surface area contributed by atoms with E-state index >= 15 is 0 Å². The van der Waals surface area contributed by atoms with Crippen molar-refractivity contribution in [3.63, 3.8) is 0 Å². The smallest absolute Gasteiger partial charge is 0.0177 e. The summed E-state index contributed by atoms with van der Waals surface area (Å²) in [5, 5.41) is 6.81. The minimum Gasteiger partial charge on any atom is -0.309 e. The number of allylic oxidation sites excluding steroid dienone is 2. The lowest BCUT2D eigenvalue weighted by molar-refractivity contribution is 0.860. The monoisotopic (exact) mass is 125 g/mol. The third kappa shape index (κ3) is 3.95. The van der Waals surface area contributed by atoms with Gasteiger partial charge in [-0.05, 0) is 18.9 Å². The van der Waals surface area contributed by atoms with Crippen molar-refractivity contribution in [3.8, 4) is 0 Å². The Morgan fingerprint density at radius 3 is 2.44 bits per heavy atom. The third-order valence-electron chi connectivity index (χ3n) is 1.34. The fraction of sp³-hybridized carbons (Fsp3) is 0.625. The molecule has 1 heteroatoms. The largest absolute Gasteiger partial charge is 0.309 e. The van der Waals surface area contributed by atoms with Crippen LogP contribution in [0.5, 0.6) is 0 Å². The van der Waals surface area contributed by atoms with Crippen molar-refractivity contribution in [2.24, 2.45) is 0 Å². The maximum Gasteiger partial charge on any atom is 0.0177 e. The molecule has 0 aromatic rings. The molecule has 0 aromatic heterocycles. The molecule has 0 aliphatic rings. The summed E-state index contributed by atoms with van der Waals surface area (Å²) < 4.78 is 0. The second-order valence-electron chi connectivity index (χ2n) is 2.10. The van der Waals surface area contributed by atoms with E-state index in [1.165, 1.54) is 18.2 Å². The zero-order chi connectivity index (χ0) is 7.11. The van der Waals surface area contributed by atoms with E-state index in [2.05, 4.69) is 13.8 Å². The van der Waals surface area contributed by atoms with Gasteiger partial charge < -0.3 is 5.41 Å². The highest BCUT2D eigenvalue weighted by Gasteiger charge is 1.88. The zero-order valence-corrected chi connectivity index (χ0v) is 6.28. The van der Waals surface area contributed by atoms with E-state index in [0.29, 0.717) is 0 Å². The van der Waals surface area contributed by atoms with E-state index in [1.807, 2.05) is 6.08 Å². The molecule has 0 radical (unpaired) electrons. The second-order valence-corrected chi connectivity index (χ2v) is 2.10. The quantitative estimate of drug-likeness (QED) is 0.559. The summed E-state index contributed by atoms with van der Waals surface area (Å²) in [6, 6.07) is 0. The molecule has 0 spiro atoms. The maximum absolute atomic E-state index is 6.81. The van der Waals surface area contributed by atoms with Crippen LogP contribution in [0.4, 0.5) is 0 Å². The lowest BCUT2D eigenvalue weighted by Gasteiger charge is -1.97. The highest BCUT2D eigenvalue weighted by Crippen LogP contribution is 2.06. The SMILES string of the molecule is CCC/C(=C\C=N)CC. The summed E-state index contributed by atoms with van der Waals surface area (Å²) >= 11 is 0. The van der Waals surface area contributed by atoms with Gasteiger partial charge in [0.15, 0.2) is 0 Å². The molecule has 0 atom stereocenters. The van der Waals surface area contributed by atoms with E-state index in [-0.39, 0.29) is 0 Å². The fourth-order valence-electron chi connectivity index (χ4n) is 0.817. The van der Waals surface area contributed by atoms with Gasteiger partial charge in [-0.25, -0.2) is 0 Å². The Bertz CT molecular complexity index is 103. The molecular weight excluding hydrogens is 110 g/mol. The van der Waals surface area contributed by atoms with Crippen LogP contribution in [0.1, 0.15) is 33.1 Å². The molecule has 1 N–H and O–H groups in total. The van der Waals surface area contributed by atoms with Gasteiger partial charge in [-0.1, -0.05) is 25.8 Å². The van der Waals surface area contributed by atoms with E-state index in [9.17, 15) is 0 Å². The van der Waals surface area contributed by atoms with Crippen LogP contribution in [0, 0.1) is 5.41 Å². The second kappa shape index (κ2) is 5.54. The van der Waals surface area contributed by atoms with E-state index in [4.69, 9.17) is 5.41 Å². The normalized spacial score (nSPS) is 11.6. The summed E-state index contributed by atoms with van der Waals surface area (Å²) in [5.74, 6) is 0. The molecular formula is C8H15N. The molecule has 0 saturated carbocycles. The summed E-state index contributed by atoms with van der Waals surface area (Å²) in [5.41, 5.74) is 1.38.